The van der Waals surface area contributed by atoms with Gasteiger partial charge in [-0.1, -0.05) is 30.3 Å². The van der Waals surface area contributed by atoms with E-state index in [4.69, 9.17) is 10.5 Å². The third-order valence-corrected chi connectivity index (χ3v) is 4.59. The van der Waals surface area contributed by atoms with Crippen molar-refractivity contribution in [1.82, 2.24) is 9.61 Å². The third kappa shape index (κ3) is 3.11. The summed E-state index contributed by atoms with van der Waals surface area (Å²) in [5.74, 6) is 0.476. The normalized spacial score (nSPS) is 20.1. The van der Waals surface area contributed by atoms with Crippen LogP contribution in [0.4, 0.5) is 0 Å². The Morgan fingerprint density at radius 3 is 2.96 bits per heavy atom. The van der Waals surface area contributed by atoms with Gasteiger partial charge < -0.3 is 10.5 Å². The molecule has 0 radical (unpaired) electrons. The number of nitrogens with two attached hydrogens (primary N) is 1. The van der Waals surface area contributed by atoms with Gasteiger partial charge in [0.25, 0.3) is 0 Å². The predicted octanol–water partition coefficient (Wildman–Crippen LogP) is 2.36. The lowest BCUT2D eigenvalue weighted by molar-refractivity contribution is 0.0987. The van der Waals surface area contributed by atoms with E-state index < -0.39 is 5.54 Å². The van der Waals surface area contributed by atoms with Crippen molar-refractivity contribution in [3.8, 4) is 0 Å². The average Bonchev–Trinajstić information content (AvgIpc) is 3.06. The van der Waals surface area contributed by atoms with Crippen molar-refractivity contribution >= 4 is 17.1 Å². The van der Waals surface area contributed by atoms with E-state index in [0.29, 0.717) is 24.7 Å². The molecule has 3 heterocycles. The molecule has 1 unspecified atom stereocenters. The van der Waals surface area contributed by atoms with Gasteiger partial charge in [-0.05, 0) is 36.2 Å². The molecule has 2 aromatic heterocycles. The molecule has 3 aromatic rings. The lowest BCUT2D eigenvalue weighted by Crippen LogP contribution is -2.37. The van der Waals surface area contributed by atoms with Gasteiger partial charge in [-0.2, -0.15) is 5.10 Å². The summed E-state index contributed by atoms with van der Waals surface area (Å²) >= 11 is 0. The van der Waals surface area contributed by atoms with E-state index in [1.165, 1.54) is 0 Å². The average molecular weight is 348 g/mol. The van der Waals surface area contributed by atoms with Gasteiger partial charge in [-0.25, -0.2) is 4.52 Å². The first kappa shape index (κ1) is 16.5. The highest BCUT2D eigenvalue weighted by Crippen LogP contribution is 2.29. The topological polar surface area (TPSA) is 82.0 Å². The third-order valence-electron chi connectivity index (χ3n) is 4.59. The quantitative estimate of drug-likeness (QED) is 0.734. The molecule has 4 rings (SSSR count). The second-order valence-corrected chi connectivity index (χ2v) is 6.77. The van der Waals surface area contributed by atoms with Crippen LogP contribution in [0.1, 0.15) is 28.5 Å². The number of benzene rings is 1. The van der Waals surface area contributed by atoms with Gasteiger partial charge in [0.1, 0.15) is 23.7 Å². The lowest BCUT2D eigenvalue weighted by atomic mass is 9.90. The highest BCUT2D eigenvalue weighted by molar-refractivity contribution is 5.96. The first-order chi connectivity index (χ1) is 12.5. The molecular weight excluding hydrogens is 328 g/mol. The highest BCUT2D eigenvalue weighted by Gasteiger charge is 2.30. The smallest absolute Gasteiger partial charge is 0.187 e. The molecule has 132 valence electrons. The zero-order valence-corrected chi connectivity index (χ0v) is 14.6. The van der Waals surface area contributed by atoms with Crippen LogP contribution in [-0.4, -0.2) is 34.4 Å². The SMILES string of the molecule is CC1(c2cccc(CC(=O)c3cc4ccccn4n3)c2)COCC(N)=N1. The fourth-order valence-corrected chi connectivity index (χ4v) is 3.25. The Labute approximate surface area is 151 Å². The molecule has 0 amide bonds. The summed E-state index contributed by atoms with van der Waals surface area (Å²) in [6.45, 7) is 2.82. The van der Waals surface area contributed by atoms with E-state index in [1.54, 1.807) is 4.52 Å². The van der Waals surface area contributed by atoms with E-state index in [2.05, 4.69) is 10.1 Å². The Balaban J connectivity index is 1.59. The summed E-state index contributed by atoms with van der Waals surface area (Å²) in [5, 5.41) is 4.35. The zero-order valence-electron chi connectivity index (χ0n) is 14.6. The largest absolute Gasteiger partial charge is 0.386 e. The minimum absolute atomic E-state index is 0.0149. The molecule has 0 bridgehead atoms. The monoisotopic (exact) mass is 348 g/mol. The molecule has 6 heteroatoms. The Kier molecular flexibility index (Phi) is 4.05. The Morgan fingerprint density at radius 2 is 2.15 bits per heavy atom. The van der Waals surface area contributed by atoms with Gasteiger partial charge in [0.15, 0.2) is 5.78 Å². The highest BCUT2D eigenvalue weighted by atomic mass is 16.5. The molecule has 0 aliphatic carbocycles. The number of ketones is 1. The minimum atomic E-state index is -0.523. The summed E-state index contributed by atoms with van der Waals surface area (Å²) in [5.41, 5.74) is 8.60. The summed E-state index contributed by atoms with van der Waals surface area (Å²) in [7, 11) is 0. The van der Waals surface area contributed by atoms with Crippen molar-refractivity contribution in [2.24, 2.45) is 10.7 Å². The van der Waals surface area contributed by atoms with Crippen molar-refractivity contribution < 1.29 is 9.53 Å². The second kappa shape index (κ2) is 6.38. The molecule has 0 fully saturated rings. The number of hydrogen-bond acceptors (Lipinski definition) is 5. The van der Waals surface area contributed by atoms with E-state index >= 15 is 0 Å². The Bertz CT molecular complexity index is 975. The summed E-state index contributed by atoms with van der Waals surface area (Å²) in [6, 6.07) is 15.4. The number of nitrogens with zero attached hydrogens (tertiary/aromatic N) is 3. The van der Waals surface area contributed by atoms with Crippen LogP contribution >= 0.6 is 0 Å². The first-order valence-electron chi connectivity index (χ1n) is 8.52. The van der Waals surface area contributed by atoms with Crippen LogP contribution in [0.3, 0.4) is 0 Å². The number of pyridine rings is 1. The van der Waals surface area contributed by atoms with Gasteiger partial charge in [-0.3, -0.25) is 9.79 Å². The molecule has 6 nitrogen and oxygen atoms in total. The maximum atomic E-state index is 12.7. The lowest BCUT2D eigenvalue weighted by Gasteiger charge is -2.30. The van der Waals surface area contributed by atoms with Crippen molar-refractivity contribution in [2.45, 2.75) is 18.9 Å². The molecule has 0 saturated carbocycles. The fourth-order valence-electron chi connectivity index (χ4n) is 3.25. The maximum Gasteiger partial charge on any atom is 0.187 e. The maximum absolute atomic E-state index is 12.7. The Morgan fingerprint density at radius 1 is 1.27 bits per heavy atom. The van der Waals surface area contributed by atoms with Crippen LogP contribution in [0, 0.1) is 0 Å². The van der Waals surface area contributed by atoms with Crippen LogP contribution in [-0.2, 0) is 16.7 Å². The van der Waals surface area contributed by atoms with Gasteiger partial charge in [0.2, 0.25) is 0 Å². The van der Waals surface area contributed by atoms with Gasteiger partial charge in [0, 0.05) is 12.6 Å². The van der Waals surface area contributed by atoms with Crippen LogP contribution in [0.5, 0.6) is 0 Å². The number of hydrogen-bond donors (Lipinski definition) is 1. The van der Waals surface area contributed by atoms with E-state index in [1.807, 2.05) is 61.7 Å². The summed E-state index contributed by atoms with van der Waals surface area (Å²) in [4.78, 5) is 17.2. The second-order valence-electron chi connectivity index (χ2n) is 6.77. The molecule has 2 N–H and O–H groups in total. The van der Waals surface area contributed by atoms with E-state index in [-0.39, 0.29) is 12.2 Å². The number of carbonyl (C=O) groups excluding carboxylic acids is 1. The molecule has 0 spiro atoms. The molecule has 1 atom stereocenters. The fraction of sp³-hybridized carbons (Fsp3) is 0.250. The number of fused-ring (bicyclic) bond motifs is 1. The number of Topliss-reactive ketones (excluding diaryl/α,β-unsaturated/α-hetero) is 1. The number of amidine groups is 1. The predicted molar refractivity (Wildman–Crippen MR) is 99.5 cm³/mol. The molecular formula is C20H20N4O2. The number of aromatic nitrogens is 2. The van der Waals surface area contributed by atoms with Gasteiger partial charge >= 0.3 is 0 Å². The van der Waals surface area contributed by atoms with Gasteiger partial charge in [-0.15, -0.1) is 0 Å². The van der Waals surface area contributed by atoms with Crippen LogP contribution in [0.15, 0.2) is 59.7 Å². The van der Waals surface area contributed by atoms with Crippen LogP contribution in [0.25, 0.3) is 5.52 Å². The zero-order chi connectivity index (χ0) is 18.1. The number of rotatable bonds is 4. The number of ether oxygens (including phenoxy) is 1. The molecule has 0 saturated heterocycles. The van der Waals surface area contributed by atoms with Crippen LogP contribution in [0.2, 0.25) is 0 Å². The van der Waals surface area contributed by atoms with Crippen molar-refractivity contribution in [3.63, 3.8) is 0 Å². The van der Waals surface area contributed by atoms with Gasteiger partial charge in [0.05, 0.1) is 12.1 Å². The van der Waals surface area contributed by atoms with Crippen LogP contribution < -0.4 is 5.73 Å². The molecule has 26 heavy (non-hydrogen) atoms. The first-order valence-corrected chi connectivity index (χ1v) is 8.52. The van der Waals surface area contributed by atoms with E-state index in [0.717, 1.165) is 16.6 Å². The van der Waals surface area contributed by atoms with Crippen molar-refractivity contribution in [3.05, 3.63) is 71.5 Å². The standard InChI is InChI=1S/C20H20N4O2/c1-20(13-26-12-19(21)22-20)15-6-4-5-14(9-15)10-18(25)17-11-16-7-2-3-8-24(16)23-17/h2-9,11H,10,12-13H2,1H3,(H2,21,22). The molecule has 1 aliphatic heterocycles. The summed E-state index contributed by atoms with van der Waals surface area (Å²) in [6.07, 6.45) is 2.12. The Hall–Kier alpha value is -2.99. The number of aliphatic imine (C=N–C) groups is 1. The molecule has 1 aliphatic rings. The number of carbonyl (C=O) groups is 1. The summed E-state index contributed by atoms with van der Waals surface area (Å²) < 4.78 is 7.25. The molecule has 1 aromatic carbocycles. The van der Waals surface area contributed by atoms with Crippen molar-refractivity contribution in [1.29, 1.82) is 0 Å². The van der Waals surface area contributed by atoms with E-state index in [9.17, 15) is 4.79 Å². The minimum Gasteiger partial charge on any atom is -0.386 e. The van der Waals surface area contributed by atoms with Crippen molar-refractivity contribution in [2.75, 3.05) is 13.2 Å².